The maximum atomic E-state index is 8.98. The molecule has 0 fully saturated rings. The Bertz CT molecular complexity index is 135. The number of aliphatic hydroxyl groups excluding tert-OH is 1. The third-order valence-electron chi connectivity index (χ3n) is 1.27. The molecule has 0 spiro atoms. The van der Waals surface area contributed by atoms with Crippen molar-refractivity contribution in [1.82, 2.24) is 4.90 Å². The van der Waals surface area contributed by atoms with Crippen LogP contribution in [0.15, 0.2) is 4.99 Å². The molecule has 1 aliphatic heterocycles. The van der Waals surface area contributed by atoms with Crippen molar-refractivity contribution in [1.29, 1.82) is 0 Å². The molecule has 0 saturated carbocycles. The molecule has 0 saturated heterocycles. The minimum Gasteiger partial charge on any atom is -0.374 e. The van der Waals surface area contributed by atoms with E-state index in [1.807, 2.05) is 0 Å². The van der Waals surface area contributed by atoms with E-state index < -0.39 is 6.23 Å². The summed E-state index contributed by atoms with van der Waals surface area (Å²) in [5, 5.41) is 9.40. The maximum absolute atomic E-state index is 8.98. The molecule has 3 nitrogen and oxygen atoms in total. The normalized spacial score (nSPS) is 22.1. The highest BCUT2D eigenvalue weighted by Gasteiger charge is 2.17. The van der Waals surface area contributed by atoms with Gasteiger partial charge in [-0.1, -0.05) is 0 Å². The van der Waals surface area contributed by atoms with Crippen LogP contribution in [0, 0.1) is 0 Å². The van der Waals surface area contributed by atoms with Gasteiger partial charge in [0, 0.05) is 6.54 Å². The van der Waals surface area contributed by atoms with Gasteiger partial charge in [-0.2, -0.15) is 0 Å². The molecule has 1 unspecified atom stereocenters. The Morgan fingerprint density at radius 2 is 2.56 bits per heavy atom. The maximum Gasteiger partial charge on any atom is 0.196 e. The van der Waals surface area contributed by atoms with Crippen molar-refractivity contribution in [2.24, 2.45) is 4.99 Å². The van der Waals surface area contributed by atoms with E-state index in [0.717, 1.165) is 6.54 Å². The van der Waals surface area contributed by atoms with Gasteiger partial charge in [0.1, 0.15) is 6.23 Å². The first kappa shape index (κ1) is 6.83. The molecule has 4 heteroatoms. The predicted octanol–water partition coefficient (Wildman–Crippen LogP) is 0.235. The minimum absolute atomic E-state index is 0.421. The Kier molecular flexibility index (Phi) is 1.93. The molecular weight excluding hydrogens is 140 g/mol. The van der Waals surface area contributed by atoms with Crippen LogP contribution < -0.4 is 0 Å². The zero-order valence-electron chi connectivity index (χ0n) is 5.21. The Balaban J connectivity index is 2.53. The third kappa shape index (κ3) is 1.34. The monoisotopic (exact) mass is 148 g/mol. The van der Waals surface area contributed by atoms with Crippen LogP contribution in [0.5, 0.6) is 0 Å². The highest BCUT2D eigenvalue weighted by atomic mass is 35.5. The van der Waals surface area contributed by atoms with Crippen molar-refractivity contribution < 1.29 is 5.11 Å². The number of halogens is 1. The summed E-state index contributed by atoms with van der Waals surface area (Å²) in [6.07, 6.45) is -0.510. The molecule has 1 N–H and O–H groups in total. The second-order valence-corrected chi connectivity index (χ2v) is 2.31. The molecule has 1 rings (SSSR count). The first-order chi connectivity index (χ1) is 4.22. The van der Waals surface area contributed by atoms with Gasteiger partial charge in [-0.3, -0.25) is 4.99 Å². The van der Waals surface area contributed by atoms with Crippen LogP contribution in [0.4, 0.5) is 0 Å². The number of aliphatic imine (C=N–C) groups is 1. The topological polar surface area (TPSA) is 35.8 Å². The second-order valence-electron chi connectivity index (χ2n) is 1.98. The summed E-state index contributed by atoms with van der Waals surface area (Å²) in [5.41, 5.74) is 0. The molecule has 52 valence electrons. The Hall–Kier alpha value is -0.280. The van der Waals surface area contributed by atoms with Crippen LogP contribution in [-0.2, 0) is 0 Å². The van der Waals surface area contributed by atoms with E-state index in [-0.39, 0.29) is 0 Å². The average molecular weight is 149 g/mol. The predicted molar refractivity (Wildman–Crippen MR) is 36.5 cm³/mol. The van der Waals surface area contributed by atoms with E-state index in [4.69, 9.17) is 16.7 Å². The van der Waals surface area contributed by atoms with Crippen LogP contribution >= 0.6 is 11.6 Å². The van der Waals surface area contributed by atoms with Gasteiger partial charge in [-0.25, -0.2) is 0 Å². The van der Waals surface area contributed by atoms with Gasteiger partial charge in [0.2, 0.25) is 0 Å². The number of rotatable bonds is 1. The summed E-state index contributed by atoms with van der Waals surface area (Å²) in [6.45, 7) is 3.10. The Morgan fingerprint density at radius 3 is 2.78 bits per heavy atom. The summed E-state index contributed by atoms with van der Waals surface area (Å²) in [4.78, 5) is 5.53. The Labute approximate surface area is 58.9 Å². The van der Waals surface area contributed by atoms with Gasteiger partial charge in [-0.15, -0.1) is 0 Å². The van der Waals surface area contributed by atoms with E-state index in [0.29, 0.717) is 11.8 Å². The van der Waals surface area contributed by atoms with E-state index in [1.165, 1.54) is 0 Å². The minimum atomic E-state index is -0.510. The fraction of sp³-hybridized carbons (Fsp3) is 0.800. The molecule has 0 aromatic rings. The van der Waals surface area contributed by atoms with Crippen LogP contribution in [0.2, 0.25) is 0 Å². The standard InChI is InChI=1S/C5H9ClN2O/c1-4(9)8-3-2-7-5(8)6/h4,9H,2-3H2,1H3. The summed E-state index contributed by atoms with van der Waals surface area (Å²) in [7, 11) is 0. The molecule has 1 atom stereocenters. The highest BCUT2D eigenvalue weighted by Crippen LogP contribution is 2.07. The van der Waals surface area contributed by atoms with Gasteiger partial charge in [0.05, 0.1) is 6.54 Å². The van der Waals surface area contributed by atoms with Gasteiger partial charge >= 0.3 is 0 Å². The summed E-state index contributed by atoms with van der Waals surface area (Å²) in [6, 6.07) is 0. The molecule has 1 aliphatic rings. The van der Waals surface area contributed by atoms with Crippen molar-refractivity contribution >= 4 is 16.9 Å². The molecule has 0 amide bonds. The van der Waals surface area contributed by atoms with Crippen molar-refractivity contribution in [2.75, 3.05) is 13.1 Å². The molecule has 0 aromatic carbocycles. The summed E-state index contributed by atoms with van der Waals surface area (Å²) in [5.74, 6) is 0. The third-order valence-corrected chi connectivity index (χ3v) is 1.61. The van der Waals surface area contributed by atoms with Gasteiger partial charge in [0.25, 0.3) is 0 Å². The van der Waals surface area contributed by atoms with Crippen LogP contribution in [0.25, 0.3) is 0 Å². The lowest BCUT2D eigenvalue weighted by molar-refractivity contribution is 0.0800. The Morgan fingerprint density at radius 1 is 1.89 bits per heavy atom. The molecular formula is C5H9ClN2O. The molecule has 0 aromatic heterocycles. The lowest BCUT2D eigenvalue weighted by Gasteiger charge is -2.18. The van der Waals surface area contributed by atoms with Crippen molar-refractivity contribution in [3.63, 3.8) is 0 Å². The average Bonchev–Trinajstić information content (AvgIpc) is 2.13. The van der Waals surface area contributed by atoms with E-state index in [9.17, 15) is 0 Å². The van der Waals surface area contributed by atoms with Crippen molar-refractivity contribution in [2.45, 2.75) is 13.2 Å². The van der Waals surface area contributed by atoms with E-state index >= 15 is 0 Å². The number of aliphatic hydroxyl groups is 1. The lowest BCUT2D eigenvalue weighted by atomic mass is 10.5. The summed E-state index contributed by atoms with van der Waals surface area (Å²) >= 11 is 5.59. The van der Waals surface area contributed by atoms with Gasteiger partial charge in [-0.05, 0) is 18.5 Å². The van der Waals surface area contributed by atoms with Crippen LogP contribution in [-0.4, -0.2) is 34.6 Å². The first-order valence-electron chi connectivity index (χ1n) is 2.86. The quantitative estimate of drug-likeness (QED) is 0.541. The number of amidine groups is 1. The van der Waals surface area contributed by atoms with Gasteiger partial charge in [0.15, 0.2) is 5.29 Å². The SMILES string of the molecule is CC(O)N1CCN=C1Cl. The van der Waals surface area contributed by atoms with Crippen LogP contribution in [0.3, 0.4) is 0 Å². The van der Waals surface area contributed by atoms with Gasteiger partial charge < -0.3 is 10.0 Å². The largest absolute Gasteiger partial charge is 0.374 e. The molecule has 0 aliphatic carbocycles. The molecule has 9 heavy (non-hydrogen) atoms. The first-order valence-corrected chi connectivity index (χ1v) is 3.24. The zero-order valence-corrected chi connectivity index (χ0v) is 5.97. The fourth-order valence-corrected chi connectivity index (χ4v) is 1.08. The van der Waals surface area contributed by atoms with Crippen molar-refractivity contribution in [3.8, 4) is 0 Å². The molecule has 0 bridgehead atoms. The number of nitrogens with zero attached hydrogens (tertiary/aromatic N) is 2. The second kappa shape index (κ2) is 2.54. The van der Waals surface area contributed by atoms with Crippen molar-refractivity contribution in [3.05, 3.63) is 0 Å². The number of hydrogen-bond acceptors (Lipinski definition) is 3. The van der Waals surface area contributed by atoms with E-state index in [1.54, 1.807) is 11.8 Å². The number of hydrogen-bond donors (Lipinski definition) is 1. The molecule has 0 radical (unpaired) electrons. The highest BCUT2D eigenvalue weighted by molar-refractivity contribution is 6.64. The van der Waals surface area contributed by atoms with E-state index in [2.05, 4.69) is 4.99 Å². The summed E-state index contributed by atoms with van der Waals surface area (Å²) < 4.78 is 0. The van der Waals surface area contributed by atoms with Crippen LogP contribution in [0.1, 0.15) is 6.92 Å². The molecule has 1 heterocycles. The lowest BCUT2D eigenvalue weighted by Crippen LogP contribution is -2.33. The zero-order chi connectivity index (χ0) is 6.85. The smallest absolute Gasteiger partial charge is 0.196 e. The fourth-order valence-electron chi connectivity index (χ4n) is 0.774.